The first-order chi connectivity index (χ1) is 10.3. The van der Waals surface area contributed by atoms with Crippen LogP contribution in [0.3, 0.4) is 0 Å². The summed E-state index contributed by atoms with van der Waals surface area (Å²) < 4.78 is 0. The lowest BCUT2D eigenvalue weighted by atomic mass is 10.1. The van der Waals surface area contributed by atoms with Crippen LogP contribution in [0.2, 0.25) is 0 Å². The number of anilines is 1. The van der Waals surface area contributed by atoms with Crippen molar-refractivity contribution in [2.75, 3.05) is 11.9 Å². The fraction of sp³-hybridized carbons (Fsp3) is 0.250. The van der Waals surface area contributed by atoms with Crippen molar-refractivity contribution in [2.24, 2.45) is 0 Å². The number of aromatic amines is 1. The van der Waals surface area contributed by atoms with Gasteiger partial charge in [-0.05, 0) is 37.5 Å². The van der Waals surface area contributed by atoms with Gasteiger partial charge >= 0.3 is 0 Å². The van der Waals surface area contributed by atoms with Crippen LogP contribution in [0.25, 0.3) is 22.3 Å². The summed E-state index contributed by atoms with van der Waals surface area (Å²) >= 11 is 0. The molecule has 3 aromatic rings. The van der Waals surface area contributed by atoms with Crippen LogP contribution in [-0.2, 0) is 6.42 Å². The van der Waals surface area contributed by atoms with Gasteiger partial charge in [0.1, 0.15) is 5.75 Å². The van der Waals surface area contributed by atoms with Gasteiger partial charge in [0.05, 0.1) is 11.4 Å². The smallest absolute Gasteiger partial charge is 0.162 e. The summed E-state index contributed by atoms with van der Waals surface area (Å²) in [7, 11) is 0. The highest BCUT2D eigenvalue weighted by molar-refractivity contribution is 5.94. The summed E-state index contributed by atoms with van der Waals surface area (Å²) in [6.45, 7) is 0.980. The topological polar surface area (TPSA) is 73.8 Å². The molecular weight excluding hydrogens is 264 g/mol. The normalized spacial score (nSPS) is 14.5. The van der Waals surface area contributed by atoms with E-state index in [0.29, 0.717) is 11.3 Å². The van der Waals surface area contributed by atoms with Crippen molar-refractivity contribution in [2.45, 2.75) is 19.3 Å². The molecule has 1 aliphatic heterocycles. The van der Waals surface area contributed by atoms with Crippen LogP contribution >= 0.6 is 0 Å². The number of benzene rings is 1. The second kappa shape index (κ2) is 4.77. The number of nitrogens with zero attached hydrogens (tertiary/aromatic N) is 2. The van der Waals surface area contributed by atoms with Crippen LogP contribution in [-0.4, -0.2) is 26.8 Å². The number of aromatic hydroxyl groups is 1. The lowest BCUT2D eigenvalue weighted by Crippen LogP contribution is -1.98. The zero-order chi connectivity index (χ0) is 14.2. The van der Waals surface area contributed by atoms with Crippen molar-refractivity contribution in [3.8, 4) is 17.0 Å². The first-order valence-corrected chi connectivity index (χ1v) is 7.23. The Bertz CT molecular complexity index is 809. The molecule has 0 fully saturated rings. The standard InChI is InChI=1S/C16H16N4O/c21-14-7-2-1-5-10(14)13-9-11-15-12(6-3-4-8-17-15)18-16(11)20-19-13/h1-2,5,7,9,17,21H,3-4,6,8H2,(H,18,20). The van der Waals surface area contributed by atoms with Crippen molar-refractivity contribution >= 4 is 16.7 Å². The highest BCUT2D eigenvalue weighted by Crippen LogP contribution is 2.33. The highest BCUT2D eigenvalue weighted by Gasteiger charge is 2.16. The van der Waals surface area contributed by atoms with Crippen LogP contribution in [0.4, 0.5) is 5.69 Å². The molecule has 0 saturated carbocycles. The van der Waals surface area contributed by atoms with Crippen molar-refractivity contribution in [3.63, 3.8) is 0 Å². The quantitative estimate of drug-likeness (QED) is 0.640. The molecule has 2 aromatic heterocycles. The number of fused-ring (bicyclic) bond motifs is 3. The largest absolute Gasteiger partial charge is 0.507 e. The van der Waals surface area contributed by atoms with Crippen molar-refractivity contribution in [3.05, 3.63) is 36.0 Å². The summed E-state index contributed by atoms with van der Waals surface area (Å²) in [5.74, 6) is 0.223. The van der Waals surface area contributed by atoms with Crippen molar-refractivity contribution in [1.29, 1.82) is 0 Å². The van der Waals surface area contributed by atoms with Crippen LogP contribution < -0.4 is 5.32 Å². The monoisotopic (exact) mass is 280 g/mol. The number of aromatic nitrogens is 3. The molecule has 0 saturated heterocycles. The minimum Gasteiger partial charge on any atom is -0.507 e. The van der Waals surface area contributed by atoms with E-state index < -0.39 is 0 Å². The third-order valence-electron chi connectivity index (χ3n) is 3.97. The maximum Gasteiger partial charge on any atom is 0.162 e. The molecular formula is C16H16N4O. The number of nitrogens with one attached hydrogen (secondary N) is 2. The van der Waals surface area contributed by atoms with Gasteiger partial charge in [0.2, 0.25) is 0 Å². The van der Waals surface area contributed by atoms with E-state index in [0.717, 1.165) is 29.7 Å². The van der Waals surface area contributed by atoms with Gasteiger partial charge in [0, 0.05) is 23.2 Å². The molecule has 0 atom stereocenters. The minimum absolute atomic E-state index is 0.223. The molecule has 3 heterocycles. The van der Waals surface area contributed by atoms with E-state index in [9.17, 15) is 5.11 Å². The molecule has 0 bridgehead atoms. The van der Waals surface area contributed by atoms with Crippen molar-refractivity contribution in [1.82, 2.24) is 15.2 Å². The average molecular weight is 280 g/mol. The Morgan fingerprint density at radius 1 is 1.10 bits per heavy atom. The fourth-order valence-corrected chi connectivity index (χ4v) is 2.89. The zero-order valence-corrected chi connectivity index (χ0v) is 11.6. The number of hydrogen-bond donors (Lipinski definition) is 3. The molecule has 0 spiro atoms. The second-order valence-electron chi connectivity index (χ2n) is 5.37. The Hall–Kier alpha value is -2.56. The second-order valence-corrected chi connectivity index (χ2v) is 5.37. The van der Waals surface area contributed by atoms with Crippen molar-refractivity contribution < 1.29 is 5.11 Å². The van der Waals surface area contributed by atoms with Gasteiger partial charge in [0.15, 0.2) is 5.65 Å². The van der Waals surface area contributed by atoms with Crippen LogP contribution in [0.1, 0.15) is 18.5 Å². The van der Waals surface area contributed by atoms with Gasteiger partial charge in [-0.1, -0.05) is 12.1 Å². The van der Waals surface area contributed by atoms with Gasteiger partial charge in [-0.15, -0.1) is 10.2 Å². The molecule has 0 unspecified atom stereocenters. The predicted molar refractivity (Wildman–Crippen MR) is 82.4 cm³/mol. The molecule has 1 aromatic carbocycles. The number of hydrogen-bond acceptors (Lipinski definition) is 4. The minimum atomic E-state index is 0.223. The number of H-pyrrole nitrogens is 1. The lowest BCUT2D eigenvalue weighted by molar-refractivity contribution is 0.477. The number of phenols is 1. The number of rotatable bonds is 1. The molecule has 1 aliphatic rings. The number of phenolic OH excluding ortho intramolecular Hbond substituents is 1. The van der Waals surface area contributed by atoms with Gasteiger partial charge < -0.3 is 15.4 Å². The van der Waals surface area contributed by atoms with E-state index in [2.05, 4.69) is 20.5 Å². The molecule has 5 heteroatoms. The van der Waals surface area contributed by atoms with Gasteiger partial charge in [-0.25, -0.2) is 0 Å². The summed E-state index contributed by atoms with van der Waals surface area (Å²) in [6.07, 6.45) is 3.38. The van der Waals surface area contributed by atoms with E-state index >= 15 is 0 Å². The summed E-state index contributed by atoms with van der Waals surface area (Å²) in [5, 5.41) is 23.0. The van der Waals surface area contributed by atoms with Gasteiger partial charge in [-0.3, -0.25) is 0 Å². The molecule has 4 rings (SSSR count). The first kappa shape index (κ1) is 12.2. The van der Waals surface area contributed by atoms with Crippen LogP contribution in [0.5, 0.6) is 5.75 Å². The van der Waals surface area contributed by atoms with Gasteiger partial charge in [-0.2, -0.15) is 0 Å². The molecule has 5 nitrogen and oxygen atoms in total. The highest BCUT2D eigenvalue weighted by atomic mass is 16.3. The Morgan fingerprint density at radius 2 is 2.00 bits per heavy atom. The van der Waals surface area contributed by atoms with E-state index in [1.54, 1.807) is 12.1 Å². The van der Waals surface area contributed by atoms with Crippen LogP contribution in [0, 0.1) is 0 Å². The molecule has 106 valence electrons. The maximum absolute atomic E-state index is 9.98. The average Bonchev–Trinajstić information content (AvgIpc) is 2.68. The molecule has 0 aliphatic carbocycles. The van der Waals surface area contributed by atoms with E-state index in [-0.39, 0.29) is 5.75 Å². The number of para-hydroxylation sites is 1. The summed E-state index contributed by atoms with van der Waals surface area (Å²) in [5.41, 5.74) is 4.53. The lowest BCUT2D eigenvalue weighted by Gasteiger charge is -2.05. The molecule has 21 heavy (non-hydrogen) atoms. The van der Waals surface area contributed by atoms with E-state index in [4.69, 9.17) is 0 Å². The van der Waals surface area contributed by atoms with E-state index in [1.807, 2.05) is 18.2 Å². The molecule has 0 radical (unpaired) electrons. The van der Waals surface area contributed by atoms with Crippen LogP contribution in [0.15, 0.2) is 30.3 Å². The Kier molecular flexibility index (Phi) is 2.77. The summed E-state index contributed by atoms with van der Waals surface area (Å²) in [6, 6.07) is 9.19. The SMILES string of the molecule is Oc1ccccc1-c1cc2c3c([nH]c2nn1)CCCCN3. The maximum atomic E-state index is 9.98. The van der Waals surface area contributed by atoms with Gasteiger partial charge in [0.25, 0.3) is 0 Å². The first-order valence-electron chi connectivity index (χ1n) is 7.23. The molecule has 3 N–H and O–H groups in total. The Balaban J connectivity index is 1.90. The Labute approximate surface area is 122 Å². The predicted octanol–water partition coefficient (Wildman–Crippen LogP) is 3.08. The third kappa shape index (κ3) is 2.01. The summed E-state index contributed by atoms with van der Waals surface area (Å²) in [4.78, 5) is 3.35. The number of aryl methyl sites for hydroxylation is 1. The fourth-order valence-electron chi connectivity index (χ4n) is 2.89. The molecule has 0 amide bonds. The van der Waals surface area contributed by atoms with E-state index in [1.165, 1.54) is 18.5 Å². The third-order valence-corrected chi connectivity index (χ3v) is 3.97. The Morgan fingerprint density at radius 3 is 2.90 bits per heavy atom. The zero-order valence-electron chi connectivity index (χ0n) is 11.6.